The number of hydrogen-bond acceptors (Lipinski definition) is 4. The van der Waals surface area contributed by atoms with Gasteiger partial charge in [0, 0.05) is 16.9 Å². The summed E-state index contributed by atoms with van der Waals surface area (Å²) in [5, 5.41) is 5.62. The fourth-order valence-electron chi connectivity index (χ4n) is 4.79. The van der Waals surface area contributed by atoms with Gasteiger partial charge in [-0.3, -0.25) is 14.4 Å². The zero-order valence-corrected chi connectivity index (χ0v) is 19.3. The number of hydrogen-bond donors (Lipinski definition) is 2. The molecule has 0 saturated carbocycles. The molecule has 0 aromatic heterocycles. The van der Waals surface area contributed by atoms with Crippen LogP contribution < -0.4 is 10.6 Å². The summed E-state index contributed by atoms with van der Waals surface area (Å²) in [6, 6.07) is 6.25. The van der Waals surface area contributed by atoms with Crippen LogP contribution in [0.25, 0.3) is 0 Å². The van der Waals surface area contributed by atoms with Crippen LogP contribution in [0.1, 0.15) is 74.2 Å². The molecule has 2 aliphatic heterocycles. The first-order valence-electron chi connectivity index (χ1n) is 11.1. The zero-order chi connectivity index (χ0) is 22.2. The van der Waals surface area contributed by atoms with Gasteiger partial charge in [-0.05, 0) is 64.5 Å². The second-order valence-electron chi connectivity index (χ2n) is 9.16. The Bertz CT molecular complexity index is 926. The quantitative estimate of drug-likeness (QED) is 0.662. The van der Waals surface area contributed by atoms with Crippen LogP contribution in [0.2, 0.25) is 0 Å². The molecule has 2 heterocycles. The lowest BCUT2D eigenvalue weighted by molar-refractivity contribution is -0.131. The Labute approximate surface area is 188 Å². The molecule has 0 unspecified atom stereocenters. The summed E-state index contributed by atoms with van der Waals surface area (Å²) in [6.45, 7) is 6.25. The second-order valence-corrected chi connectivity index (χ2v) is 10.9. The lowest BCUT2D eigenvalue weighted by Gasteiger charge is -2.30. The van der Waals surface area contributed by atoms with E-state index in [-0.39, 0.29) is 23.1 Å². The van der Waals surface area contributed by atoms with E-state index in [9.17, 15) is 14.4 Å². The van der Waals surface area contributed by atoms with Gasteiger partial charge in [-0.15, -0.1) is 11.8 Å². The second kappa shape index (κ2) is 8.69. The average molecular weight is 442 g/mol. The zero-order valence-electron chi connectivity index (χ0n) is 18.4. The van der Waals surface area contributed by atoms with Crippen LogP contribution in [0.15, 0.2) is 35.9 Å². The number of fused-ring (bicyclic) bond motifs is 3. The van der Waals surface area contributed by atoms with Crippen LogP contribution in [0.5, 0.6) is 0 Å². The van der Waals surface area contributed by atoms with Gasteiger partial charge in [0.05, 0.1) is 0 Å². The van der Waals surface area contributed by atoms with Gasteiger partial charge in [-0.2, -0.15) is 0 Å². The lowest BCUT2D eigenvalue weighted by atomic mass is 9.97. The van der Waals surface area contributed by atoms with Crippen molar-refractivity contribution in [2.75, 3.05) is 6.54 Å². The Kier molecular flexibility index (Phi) is 6.15. The van der Waals surface area contributed by atoms with Crippen molar-refractivity contribution in [1.82, 2.24) is 15.5 Å². The smallest absolute Gasteiger partial charge is 0.256 e. The fraction of sp³-hybridized carbons (Fsp3) is 0.542. The summed E-state index contributed by atoms with van der Waals surface area (Å²) < 4.78 is -0.457. The topological polar surface area (TPSA) is 78.5 Å². The highest BCUT2D eigenvalue weighted by atomic mass is 32.2. The SMILES string of the molecule is C[C@H](NC(=O)[C@@H]1N2C(=O)c3ccccc3[C@H]2SC1(C)C)C(=O)NCCC1=CCCCC1. The van der Waals surface area contributed by atoms with Crippen LogP contribution in [-0.2, 0) is 9.59 Å². The molecule has 0 radical (unpaired) electrons. The van der Waals surface area contributed by atoms with E-state index in [0.717, 1.165) is 24.8 Å². The third kappa shape index (κ3) is 4.25. The molecule has 4 rings (SSSR count). The summed E-state index contributed by atoms with van der Waals surface area (Å²) >= 11 is 1.62. The normalized spacial score (nSPS) is 24.8. The van der Waals surface area contributed by atoms with E-state index in [4.69, 9.17) is 0 Å². The maximum Gasteiger partial charge on any atom is 0.256 e. The van der Waals surface area contributed by atoms with E-state index in [2.05, 4.69) is 16.7 Å². The van der Waals surface area contributed by atoms with Crippen LogP contribution in [0.3, 0.4) is 0 Å². The molecule has 31 heavy (non-hydrogen) atoms. The summed E-state index contributed by atoms with van der Waals surface area (Å²) in [4.78, 5) is 40.5. The molecule has 6 nitrogen and oxygen atoms in total. The molecule has 7 heteroatoms. The number of nitrogens with one attached hydrogen (secondary N) is 2. The van der Waals surface area contributed by atoms with Crippen molar-refractivity contribution in [3.63, 3.8) is 0 Å². The molecule has 0 bridgehead atoms. The molecule has 166 valence electrons. The first kappa shape index (κ1) is 21.9. The highest BCUT2D eigenvalue weighted by Crippen LogP contribution is 2.56. The summed E-state index contributed by atoms with van der Waals surface area (Å²) in [5.74, 6) is -0.587. The van der Waals surface area contributed by atoms with Gasteiger partial charge < -0.3 is 15.5 Å². The maximum atomic E-state index is 13.2. The van der Waals surface area contributed by atoms with Gasteiger partial charge >= 0.3 is 0 Å². The van der Waals surface area contributed by atoms with E-state index in [1.807, 2.05) is 38.1 Å². The Balaban J connectivity index is 1.38. The lowest BCUT2D eigenvalue weighted by Crippen LogP contribution is -2.56. The van der Waals surface area contributed by atoms with Crippen molar-refractivity contribution in [1.29, 1.82) is 0 Å². The number of carbonyl (C=O) groups is 3. The van der Waals surface area contributed by atoms with Crippen LogP contribution >= 0.6 is 11.8 Å². The first-order valence-corrected chi connectivity index (χ1v) is 12.0. The van der Waals surface area contributed by atoms with Gasteiger partial charge in [-0.1, -0.05) is 29.8 Å². The molecule has 1 aromatic carbocycles. The third-order valence-corrected chi connectivity index (χ3v) is 7.96. The van der Waals surface area contributed by atoms with Crippen LogP contribution in [-0.4, -0.2) is 46.0 Å². The van der Waals surface area contributed by atoms with Crippen molar-refractivity contribution < 1.29 is 14.4 Å². The molecule has 2 N–H and O–H groups in total. The standard InChI is InChI=1S/C24H31N3O3S/c1-15(20(28)25-14-13-16-9-5-4-6-10-16)26-21(29)19-24(2,3)31-23-18-12-8-7-11-17(18)22(30)27(19)23/h7-9,11-12,15,19,23H,4-6,10,13-14H2,1-3H3,(H,25,28)(H,26,29)/t15-,19-,23+/m0/s1. The molecule has 3 aliphatic rings. The molecule has 3 atom stereocenters. The molecule has 1 fully saturated rings. The maximum absolute atomic E-state index is 13.2. The van der Waals surface area contributed by atoms with Crippen molar-refractivity contribution in [2.45, 2.75) is 75.1 Å². The Hall–Kier alpha value is -2.28. The minimum absolute atomic E-state index is 0.114. The van der Waals surface area contributed by atoms with Gasteiger partial charge in [0.2, 0.25) is 11.8 Å². The molecular formula is C24H31N3O3S. The van der Waals surface area contributed by atoms with Gasteiger partial charge in [0.1, 0.15) is 17.5 Å². The number of amides is 3. The predicted octanol–water partition coefficient (Wildman–Crippen LogP) is 3.55. The molecule has 1 aliphatic carbocycles. The monoisotopic (exact) mass is 441 g/mol. The third-order valence-electron chi connectivity index (χ3n) is 6.43. The van der Waals surface area contributed by atoms with Gasteiger partial charge in [0.25, 0.3) is 5.91 Å². The number of thioether (sulfide) groups is 1. The Morgan fingerprint density at radius 3 is 2.77 bits per heavy atom. The molecule has 0 spiro atoms. The summed E-state index contributed by atoms with van der Waals surface area (Å²) in [5.41, 5.74) is 3.03. The average Bonchev–Trinajstić information content (AvgIpc) is 3.18. The Morgan fingerprint density at radius 2 is 2.03 bits per heavy atom. The fourth-order valence-corrected chi connectivity index (χ4v) is 6.38. The number of nitrogens with zero attached hydrogens (tertiary/aromatic N) is 1. The van der Waals surface area contributed by atoms with E-state index >= 15 is 0 Å². The van der Waals surface area contributed by atoms with Gasteiger partial charge in [0.15, 0.2) is 0 Å². The summed E-state index contributed by atoms with van der Waals surface area (Å²) in [7, 11) is 0. The minimum Gasteiger partial charge on any atom is -0.354 e. The van der Waals surface area contributed by atoms with Crippen molar-refractivity contribution in [3.05, 3.63) is 47.0 Å². The van der Waals surface area contributed by atoms with Crippen molar-refractivity contribution in [3.8, 4) is 0 Å². The Morgan fingerprint density at radius 1 is 1.26 bits per heavy atom. The minimum atomic E-state index is -0.659. The first-order chi connectivity index (χ1) is 14.8. The van der Waals surface area contributed by atoms with E-state index in [1.165, 1.54) is 18.4 Å². The van der Waals surface area contributed by atoms with Crippen LogP contribution in [0, 0.1) is 0 Å². The largest absolute Gasteiger partial charge is 0.354 e. The predicted molar refractivity (Wildman–Crippen MR) is 123 cm³/mol. The molecular weight excluding hydrogens is 410 g/mol. The number of rotatable bonds is 6. The van der Waals surface area contributed by atoms with E-state index < -0.39 is 16.8 Å². The van der Waals surface area contributed by atoms with Crippen molar-refractivity contribution in [2.24, 2.45) is 0 Å². The molecule has 1 saturated heterocycles. The number of allylic oxidation sites excluding steroid dienone is 1. The molecule has 3 amide bonds. The van der Waals surface area contributed by atoms with Gasteiger partial charge in [-0.25, -0.2) is 0 Å². The number of benzene rings is 1. The summed E-state index contributed by atoms with van der Waals surface area (Å²) in [6.07, 6.45) is 7.86. The van der Waals surface area contributed by atoms with Crippen LogP contribution in [0.4, 0.5) is 0 Å². The molecule has 1 aromatic rings. The van der Waals surface area contributed by atoms with E-state index in [0.29, 0.717) is 12.1 Å². The highest BCUT2D eigenvalue weighted by molar-refractivity contribution is 8.01. The van der Waals surface area contributed by atoms with Crippen molar-refractivity contribution >= 4 is 29.5 Å². The number of carbonyl (C=O) groups excluding carboxylic acids is 3. The highest BCUT2D eigenvalue weighted by Gasteiger charge is 2.57. The van der Waals surface area contributed by atoms with E-state index in [1.54, 1.807) is 23.6 Å².